The van der Waals surface area contributed by atoms with E-state index in [0.717, 1.165) is 19.1 Å². The average Bonchev–Trinajstić information content (AvgIpc) is 2.91. The molecule has 0 aromatic rings. The van der Waals surface area contributed by atoms with Crippen molar-refractivity contribution in [2.24, 2.45) is 5.73 Å². The van der Waals surface area contributed by atoms with Gasteiger partial charge in [0.2, 0.25) is 0 Å². The second-order valence-corrected chi connectivity index (χ2v) is 5.02. The molecule has 0 atom stereocenters. The third-order valence-electron chi connectivity index (χ3n) is 3.54. The van der Waals surface area contributed by atoms with Crippen LogP contribution in [0.25, 0.3) is 0 Å². The topological polar surface area (TPSA) is 29.3 Å². The summed E-state index contributed by atoms with van der Waals surface area (Å²) < 4.78 is 0. The van der Waals surface area contributed by atoms with Crippen molar-refractivity contribution in [3.8, 4) is 0 Å². The molecule has 0 amide bonds. The van der Waals surface area contributed by atoms with Gasteiger partial charge in [0.15, 0.2) is 0 Å². The second-order valence-electron chi connectivity index (χ2n) is 5.02. The van der Waals surface area contributed by atoms with E-state index in [-0.39, 0.29) is 5.54 Å². The number of nitrogens with zero attached hydrogens (tertiary/aromatic N) is 1. The van der Waals surface area contributed by atoms with Crippen LogP contribution in [0.2, 0.25) is 0 Å². The van der Waals surface area contributed by atoms with Crippen LogP contribution in [0.4, 0.5) is 0 Å². The van der Waals surface area contributed by atoms with Gasteiger partial charge >= 0.3 is 0 Å². The van der Waals surface area contributed by atoms with E-state index < -0.39 is 0 Å². The second kappa shape index (κ2) is 4.03. The van der Waals surface area contributed by atoms with Crippen LogP contribution in [0.5, 0.6) is 0 Å². The monoisotopic (exact) mass is 194 g/mol. The fourth-order valence-corrected chi connectivity index (χ4v) is 2.59. The minimum Gasteiger partial charge on any atom is -0.324 e. The van der Waals surface area contributed by atoms with E-state index in [9.17, 15) is 0 Å². The molecule has 2 heteroatoms. The molecule has 2 aliphatic carbocycles. The summed E-state index contributed by atoms with van der Waals surface area (Å²) in [7, 11) is 0. The van der Waals surface area contributed by atoms with Gasteiger partial charge < -0.3 is 5.73 Å². The quantitative estimate of drug-likeness (QED) is 0.677. The van der Waals surface area contributed by atoms with Gasteiger partial charge in [-0.1, -0.05) is 18.9 Å². The fourth-order valence-electron chi connectivity index (χ4n) is 2.59. The Morgan fingerprint density at radius 1 is 1.36 bits per heavy atom. The Morgan fingerprint density at radius 3 is 2.50 bits per heavy atom. The third-order valence-corrected chi connectivity index (χ3v) is 3.54. The highest BCUT2D eigenvalue weighted by Gasteiger charge is 2.36. The van der Waals surface area contributed by atoms with E-state index in [1.165, 1.54) is 38.5 Å². The number of hydrogen-bond donors (Lipinski definition) is 1. The molecule has 2 N–H and O–H groups in total. The van der Waals surface area contributed by atoms with Gasteiger partial charge in [-0.2, -0.15) is 0 Å². The lowest BCUT2D eigenvalue weighted by molar-refractivity contribution is 0.219. The number of nitrogens with two attached hydrogens (primary N) is 1. The number of rotatable bonds is 5. The van der Waals surface area contributed by atoms with Gasteiger partial charge in [-0.05, 0) is 25.7 Å². The Balaban J connectivity index is 1.88. The van der Waals surface area contributed by atoms with Crippen LogP contribution in [-0.2, 0) is 0 Å². The molecule has 0 aromatic carbocycles. The molecule has 0 heterocycles. The molecule has 0 saturated heterocycles. The summed E-state index contributed by atoms with van der Waals surface area (Å²) in [6, 6.07) is 0.814. The maximum atomic E-state index is 6.38. The van der Waals surface area contributed by atoms with Crippen LogP contribution < -0.4 is 5.73 Å². The summed E-state index contributed by atoms with van der Waals surface area (Å²) in [5.41, 5.74) is 6.50. The summed E-state index contributed by atoms with van der Waals surface area (Å²) in [5, 5.41) is 0. The van der Waals surface area contributed by atoms with Crippen molar-refractivity contribution in [1.82, 2.24) is 4.90 Å². The molecule has 2 aliphatic rings. The van der Waals surface area contributed by atoms with Crippen LogP contribution in [0, 0.1) is 0 Å². The summed E-state index contributed by atoms with van der Waals surface area (Å²) in [4.78, 5) is 2.53. The molecular weight excluding hydrogens is 172 g/mol. The van der Waals surface area contributed by atoms with Gasteiger partial charge in [0.05, 0.1) is 0 Å². The van der Waals surface area contributed by atoms with Crippen molar-refractivity contribution in [3.05, 3.63) is 12.7 Å². The Labute approximate surface area is 87.2 Å². The third kappa shape index (κ3) is 2.37. The van der Waals surface area contributed by atoms with Crippen LogP contribution in [0.3, 0.4) is 0 Å². The molecule has 2 rings (SSSR count). The molecule has 0 unspecified atom stereocenters. The summed E-state index contributed by atoms with van der Waals surface area (Å²) in [6.45, 7) is 5.93. The van der Waals surface area contributed by atoms with Crippen molar-refractivity contribution in [2.45, 2.75) is 50.1 Å². The van der Waals surface area contributed by atoms with Crippen LogP contribution >= 0.6 is 0 Å². The fraction of sp³-hybridized carbons (Fsp3) is 0.833. The average molecular weight is 194 g/mol. The van der Waals surface area contributed by atoms with Gasteiger partial charge in [0, 0.05) is 24.7 Å². The van der Waals surface area contributed by atoms with Crippen LogP contribution in [-0.4, -0.2) is 29.6 Å². The first-order chi connectivity index (χ1) is 6.73. The minimum absolute atomic E-state index is 0.117. The highest BCUT2D eigenvalue weighted by atomic mass is 15.2. The Kier molecular flexibility index (Phi) is 2.93. The molecule has 0 bridgehead atoms. The Bertz CT molecular complexity index is 202. The van der Waals surface area contributed by atoms with Gasteiger partial charge in [0.1, 0.15) is 0 Å². The predicted octanol–water partition coefficient (Wildman–Crippen LogP) is 1.91. The van der Waals surface area contributed by atoms with Crippen molar-refractivity contribution < 1.29 is 0 Å². The maximum Gasteiger partial charge on any atom is 0.0283 e. The molecule has 2 fully saturated rings. The zero-order valence-corrected chi connectivity index (χ0v) is 9.04. The first kappa shape index (κ1) is 10.2. The van der Waals surface area contributed by atoms with E-state index in [4.69, 9.17) is 5.73 Å². The Hall–Kier alpha value is -0.340. The number of hydrogen-bond acceptors (Lipinski definition) is 2. The smallest absolute Gasteiger partial charge is 0.0283 e. The van der Waals surface area contributed by atoms with E-state index in [0.29, 0.717) is 0 Å². The molecule has 2 saturated carbocycles. The van der Waals surface area contributed by atoms with Crippen molar-refractivity contribution in [2.75, 3.05) is 13.1 Å². The first-order valence-corrected chi connectivity index (χ1v) is 5.87. The lowest BCUT2D eigenvalue weighted by atomic mass is 9.98. The van der Waals surface area contributed by atoms with Gasteiger partial charge in [-0.3, -0.25) is 4.90 Å². The normalized spacial score (nSPS) is 25.6. The van der Waals surface area contributed by atoms with Crippen LogP contribution in [0.1, 0.15) is 38.5 Å². The van der Waals surface area contributed by atoms with E-state index in [1.807, 2.05) is 6.08 Å². The molecule has 0 aromatic heterocycles. The molecular formula is C12H22N2. The zero-order chi connectivity index (χ0) is 10.0. The molecule has 80 valence electrons. The SMILES string of the molecule is C=CCN(CC1(N)CCCC1)C1CC1. The van der Waals surface area contributed by atoms with Gasteiger partial charge in [-0.25, -0.2) is 0 Å². The first-order valence-electron chi connectivity index (χ1n) is 5.87. The lowest BCUT2D eigenvalue weighted by Crippen LogP contribution is -2.48. The highest BCUT2D eigenvalue weighted by molar-refractivity contribution is 4.97. The van der Waals surface area contributed by atoms with E-state index in [2.05, 4.69) is 11.5 Å². The molecule has 2 nitrogen and oxygen atoms in total. The Morgan fingerprint density at radius 2 is 2.00 bits per heavy atom. The summed E-state index contributed by atoms with van der Waals surface area (Å²) in [5.74, 6) is 0. The van der Waals surface area contributed by atoms with Crippen molar-refractivity contribution in [1.29, 1.82) is 0 Å². The molecule has 0 aliphatic heterocycles. The minimum atomic E-state index is 0.117. The molecule has 0 radical (unpaired) electrons. The molecule has 14 heavy (non-hydrogen) atoms. The van der Waals surface area contributed by atoms with Crippen molar-refractivity contribution in [3.63, 3.8) is 0 Å². The molecule has 0 spiro atoms. The summed E-state index contributed by atoms with van der Waals surface area (Å²) >= 11 is 0. The van der Waals surface area contributed by atoms with Gasteiger partial charge in [0.25, 0.3) is 0 Å². The van der Waals surface area contributed by atoms with Crippen LogP contribution in [0.15, 0.2) is 12.7 Å². The standard InChI is InChI=1S/C12H22N2/c1-2-9-14(11-5-6-11)10-12(13)7-3-4-8-12/h2,11H,1,3-10,13H2. The van der Waals surface area contributed by atoms with E-state index >= 15 is 0 Å². The predicted molar refractivity (Wildman–Crippen MR) is 60.2 cm³/mol. The van der Waals surface area contributed by atoms with Gasteiger partial charge in [-0.15, -0.1) is 6.58 Å². The lowest BCUT2D eigenvalue weighted by Gasteiger charge is -2.31. The van der Waals surface area contributed by atoms with Crippen molar-refractivity contribution >= 4 is 0 Å². The summed E-state index contributed by atoms with van der Waals surface area (Å²) in [6.07, 6.45) is 9.82. The largest absolute Gasteiger partial charge is 0.324 e. The highest BCUT2D eigenvalue weighted by Crippen LogP contribution is 2.32. The van der Waals surface area contributed by atoms with E-state index in [1.54, 1.807) is 0 Å². The zero-order valence-electron chi connectivity index (χ0n) is 9.04. The maximum absolute atomic E-state index is 6.38.